The lowest BCUT2D eigenvalue weighted by atomic mass is 9.72. The van der Waals surface area contributed by atoms with Crippen LogP contribution in [0.2, 0.25) is 0 Å². The van der Waals surface area contributed by atoms with Crippen LogP contribution in [0, 0.1) is 17.8 Å². The van der Waals surface area contributed by atoms with Gasteiger partial charge in [0, 0.05) is 11.8 Å². The minimum Gasteiger partial charge on any atom is -0.481 e. The molecule has 0 amide bonds. The smallest absolute Gasteiger partial charge is 0.307 e. The molecule has 13 heavy (non-hydrogen) atoms. The topological polar surface area (TPSA) is 71.4 Å². The standard InChI is InChI=1S/C9H12O4/c1-4-6(10)3-7(11)5(2)8(4)9(12)13/h4-5,8H,3H2,1-2H3,(H,12,13). The highest BCUT2D eigenvalue weighted by Crippen LogP contribution is 2.30. The number of ketones is 2. The molecule has 72 valence electrons. The second-order valence-corrected chi connectivity index (χ2v) is 3.55. The van der Waals surface area contributed by atoms with Crippen LogP contribution in [-0.2, 0) is 14.4 Å². The number of carbonyl (C=O) groups excluding carboxylic acids is 2. The van der Waals surface area contributed by atoms with Gasteiger partial charge in [-0.3, -0.25) is 14.4 Å². The molecule has 1 rings (SSSR count). The van der Waals surface area contributed by atoms with Crippen molar-refractivity contribution >= 4 is 17.5 Å². The fourth-order valence-electron chi connectivity index (χ4n) is 1.75. The Labute approximate surface area is 75.9 Å². The van der Waals surface area contributed by atoms with Crippen molar-refractivity contribution < 1.29 is 19.5 Å². The van der Waals surface area contributed by atoms with Gasteiger partial charge in [-0.25, -0.2) is 0 Å². The second kappa shape index (κ2) is 3.28. The van der Waals surface area contributed by atoms with Gasteiger partial charge in [0.1, 0.15) is 11.6 Å². The monoisotopic (exact) mass is 184 g/mol. The highest BCUT2D eigenvalue weighted by atomic mass is 16.4. The van der Waals surface area contributed by atoms with Gasteiger partial charge in [-0.2, -0.15) is 0 Å². The predicted octanol–water partition coefficient (Wildman–Crippen LogP) is 0.501. The van der Waals surface area contributed by atoms with Crippen LogP contribution in [0.15, 0.2) is 0 Å². The van der Waals surface area contributed by atoms with Gasteiger partial charge >= 0.3 is 5.97 Å². The minimum atomic E-state index is -1.05. The molecule has 4 heteroatoms. The number of carbonyl (C=O) groups is 3. The SMILES string of the molecule is CC1C(=O)CC(=O)C(C)C1C(=O)O. The summed E-state index contributed by atoms with van der Waals surface area (Å²) in [6, 6.07) is 0. The van der Waals surface area contributed by atoms with Crippen LogP contribution in [0.3, 0.4) is 0 Å². The Morgan fingerprint density at radius 1 is 1.23 bits per heavy atom. The van der Waals surface area contributed by atoms with Gasteiger partial charge in [0.05, 0.1) is 12.3 Å². The van der Waals surface area contributed by atoms with E-state index >= 15 is 0 Å². The second-order valence-electron chi connectivity index (χ2n) is 3.55. The summed E-state index contributed by atoms with van der Waals surface area (Å²) in [6.45, 7) is 3.15. The summed E-state index contributed by atoms with van der Waals surface area (Å²) in [7, 11) is 0. The molecule has 1 N–H and O–H groups in total. The molecule has 0 spiro atoms. The highest BCUT2D eigenvalue weighted by Gasteiger charge is 2.42. The van der Waals surface area contributed by atoms with Gasteiger partial charge in [0.2, 0.25) is 0 Å². The predicted molar refractivity (Wildman–Crippen MR) is 44.1 cm³/mol. The van der Waals surface area contributed by atoms with E-state index in [0.29, 0.717) is 0 Å². The molecule has 0 saturated heterocycles. The lowest BCUT2D eigenvalue weighted by Gasteiger charge is -2.28. The Kier molecular flexibility index (Phi) is 2.50. The van der Waals surface area contributed by atoms with Gasteiger partial charge < -0.3 is 5.11 Å². The fourth-order valence-corrected chi connectivity index (χ4v) is 1.75. The first kappa shape index (κ1) is 9.89. The third-order valence-corrected chi connectivity index (χ3v) is 2.73. The van der Waals surface area contributed by atoms with E-state index in [2.05, 4.69) is 0 Å². The van der Waals surface area contributed by atoms with Crippen molar-refractivity contribution in [1.82, 2.24) is 0 Å². The number of carboxylic acid groups (broad SMARTS) is 1. The molecular formula is C9H12O4. The Balaban J connectivity index is 2.95. The molecule has 0 bridgehead atoms. The fraction of sp³-hybridized carbons (Fsp3) is 0.667. The van der Waals surface area contributed by atoms with E-state index in [4.69, 9.17) is 5.11 Å². The molecule has 1 aliphatic carbocycles. The molecule has 0 aliphatic heterocycles. The molecule has 1 aliphatic rings. The Morgan fingerprint density at radius 2 is 1.62 bits per heavy atom. The molecular weight excluding hydrogens is 172 g/mol. The summed E-state index contributed by atoms with van der Waals surface area (Å²) < 4.78 is 0. The molecule has 0 radical (unpaired) electrons. The van der Waals surface area contributed by atoms with Gasteiger partial charge in [-0.15, -0.1) is 0 Å². The van der Waals surface area contributed by atoms with Crippen molar-refractivity contribution in [2.24, 2.45) is 17.8 Å². The molecule has 0 heterocycles. The summed E-state index contributed by atoms with van der Waals surface area (Å²) in [6.07, 6.45) is -0.105. The maximum Gasteiger partial charge on any atom is 0.307 e. The summed E-state index contributed by atoms with van der Waals surface area (Å²) in [5, 5.41) is 8.81. The number of aliphatic carboxylic acids is 1. The van der Waals surface area contributed by atoms with E-state index in [-0.39, 0.29) is 18.0 Å². The van der Waals surface area contributed by atoms with Gasteiger partial charge in [-0.1, -0.05) is 13.8 Å². The summed E-state index contributed by atoms with van der Waals surface area (Å²) in [5.41, 5.74) is 0. The maximum atomic E-state index is 11.2. The van der Waals surface area contributed by atoms with Crippen LogP contribution in [0.5, 0.6) is 0 Å². The first-order valence-corrected chi connectivity index (χ1v) is 4.23. The lowest BCUT2D eigenvalue weighted by molar-refractivity contribution is -0.155. The zero-order chi connectivity index (χ0) is 10.2. The van der Waals surface area contributed by atoms with Crippen molar-refractivity contribution in [1.29, 1.82) is 0 Å². The highest BCUT2D eigenvalue weighted by molar-refractivity contribution is 6.06. The molecule has 1 fully saturated rings. The molecule has 0 aromatic heterocycles. The average Bonchev–Trinajstić information content (AvgIpc) is 2.01. The Morgan fingerprint density at radius 3 is 1.92 bits per heavy atom. The molecule has 2 unspecified atom stereocenters. The quantitative estimate of drug-likeness (QED) is 0.602. The number of hydrogen-bond acceptors (Lipinski definition) is 3. The first-order chi connectivity index (χ1) is 5.95. The normalized spacial score (nSPS) is 34.8. The van der Waals surface area contributed by atoms with Crippen LogP contribution in [0.25, 0.3) is 0 Å². The van der Waals surface area contributed by atoms with Crippen LogP contribution < -0.4 is 0 Å². The van der Waals surface area contributed by atoms with Crippen molar-refractivity contribution in [3.05, 3.63) is 0 Å². The average molecular weight is 184 g/mol. The zero-order valence-corrected chi connectivity index (χ0v) is 7.61. The van der Waals surface area contributed by atoms with Crippen molar-refractivity contribution in [3.63, 3.8) is 0 Å². The number of rotatable bonds is 1. The number of Topliss-reactive ketones (excluding diaryl/α,β-unsaturated/α-hetero) is 2. The van der Waals surface area contributed by atoms with Crippen LogP contribution in [-0.4, -0.2) is 22.6 Å². The lowest BCUT2D eigenvalue weighted by Crippen LogP contribution is -2.42. The minimum absolute atomic E-state index is 0.105. The van der Waals surface area contributed by atoms with E-state index < -0.39 is 23.7 Å². The molecule has 0 aromatic rings. The van der Waals surface area contributed by atoms with Crippen molar-refractivity contribution in [3.8, 4) is 0 Å². The Bertz CT molecular complexity index is 249. The summed E-state index contributed by atoms with van der Waals surface area (Å²) in [5.74, 6) is -3.48. The third-order valence-electron chi connectivity index (χ3n) is 2.73. The maximum absolute atomic E-state index is 11.2. The van der Waals surface area contributed by atoms with Gasteiger partial charge in [0.15, 0.2) is 0 Å². The van der Waals surface area contributed by atoms with E-state index in [9.17, 15) is 14.4 Å². The molecule has 1 saturated carbocycles. The van der Waals surface area contributed by atoms with Gasteiger partial charge in [-0.05, 0) is 0 Å². The zero-order valence-electron chi connectivity index (χ0n) is 7.61. The summed E-state index contributed by atoms with van der Waals surface area (Å²) in [4.78, 5) is 33.1. The van der Waals surface area contributed by atoms with E-state index in [0.717, 1.165) is 0 Å². The Hall–Kier alpha value is -1.19. The third kappa shape index (κ3) is 1.61. The van der Waals surface area contributed by atoms with E-state index in [1.807, 2.05) is 0 Å². The molecule has 0 aromatic carbocycles. The molecule has 4 nitrogen and oxygen atoms in total. The molecule has 2 atom stereocenters. The largest absolute Gasteiger partial charge is 0.481 e. The van der Waals surface area contributed by atoms with E-state index in [1.54, 1.807) is 13.8 Å². The van der Waals surface area contributed by atoms with Crippen molar-refractivity contribution in [2.75, 3.05) is 0 Å². The number of carboxylic acids is 1. The first-order valence-electron chi connectivity index (χ1n) is 4.23. The number of hydrogen-bond donors (Lipinski definition) is 1. The summed E-state index contributed by atoms with van der Waals surface area (Å²) >= 11 is 0. The van der Waals surface area contributed by atoms with Crippen LogP contribution >= 0.6 is 0 Å². The van der Waals surface area contributed by atoms with Crippen LogP contribution in [0.4, 0.5) is 0 Å². The van der Waals surface area contributed by atoms with Gasteiger partial charge in [0.25, 0.3) is 0 Å². The van der Waals surface area contributed by atoms with E-state index in [1.165, 1.54) is 0 Å². The van der Waals surface area contributed by atoms with Crippen molar-refractivity contribution in [2.45, 2.75) is 20.3 Å². The van der Waals surface area contributed by atoms with Crippen LogP contribution in [0.1, 0.15) is 20.3 Å².